The summed E-state index contributed by atoms with van der Waals surface area (Å²) in [6, 6.07) is 10.2. The summed E-state index contributed by atoms with van der Waals surface area (Å²) in [6.45, 7) is 2.81. The van der Waals surface area contributed by atoms with Crippen LogP contribution in [0.1, 0.15) is 29.5 Å². The largest absolute Gasteiger partial charge is 0.494 e. The first-order chi connectivity index (χ1) is 10.6. The highest BCUT2D eigenvalue weighted by Gasteiger charge is 2.09. The van der Waals surface area contributed by atoms with Gasteiger partial charge in [-0.05, 0) is 37.8 Å². The predicted molar refractivity (Wildman–Crippen MR) is 83.8 cm³/mol. The van der Waals surface area contributed by atoms with Crippen LogP contribution in [-0.2, 0) is 24.2 Å². The number of amides is 1. The number of aryl methyl sites for hydroxylation is 4. The Morgan fingerprint density at radius 3 is 2.82 bits per heavy atom. The van der Waals surface area contributed by atoms with Gasteiger partial charge in [0.25, 0.3) is 0 Å². The Hall–Kier alpha value is -2.27. The van der Waals surface area contributed by atoms with Gasteiger partial charge in [-0.2, -0.15) is 0 Å². The van der Waals surface area contributed by atoms with Crippen molar-refractivity contribution in [1.29, 1.82) is 0 Å². The Kier molecular flexibility index (Phi) is 5.61. The lowest BCUT2D eigenvalue weighted by atomic mass is 10.1. The summed E-state index contributed by atoms with van der Waals surface area (Å²) in [7, 11) is 0. The van der Waals surface area contributed by atoms with Crippen molar-refractivity contribution in [2.24, 2.45) is 0 Å². The molecular formula is C17H22N2O3. The maximum atomic E-state index is 11.0. The zero-order valence-corrected chi connectivity index (χ0v) is 12.7. The zero-order valence-electron chi connectivity index (χ0n) is 12.7. The molecule has 1 aromatic carbocycles. The average Bonchev–Trinajstić information content (AvgIpc) is 2.86. The third kappa shape index (κ3) is 4.36. The van der Waals surface area contributed by atoms with E-state index in [0.717, 1.165) is 24.9 Å². The minimum absolute atomic E-state index is 0.150. The SMILES string of the molecule is Cc1cccc(CCCn2ccc(CCC(=O)NO)c2O)c1. The Morgan fingerprint density at radius 1 is 1.27 bits per heavy atom. The molecule has 0 unspecified atom stereocenters. The molecule has 0 radical (unpaired) electrons. The van der Waals surface area contributed by atoms with E-state index < -0.39 is 5.91 Å². The van der Waals surface area contributed by atoms with E-state index >= 15 is 0 Å². The number of hydrogen-bond acceptors (Lipinski definition) is 3. The van der Waals surface area contributed by atoms with Crippen LogP contribution in [0.4, 0.5) is 0 Å². The first-order valence-corrected chi connectivity index (χ1v) is 7.45. The van der Waals surface area contributed by atoms with Gasteiger partial charge >= 0.3 is 0 Å². The molecule has 22 heavy (non-hydrogen) atoms. The number of nitrogens with one attached hydrogen (secondary N) is 1. The van der Waals surface area contributed by atoms with E-state index in [9.17, 15) is 9.90 Å². The maximum absolute atomic E-state index is 11.0. The molecule has 0 fully saturated rings. The summed E-state index contributed by atoms with van der Waals surface area (Å²) in [4.78, 5) is 11.0. The van der Waals surface area contributed by atoms with Crippen molar-refractivity contribution in [2.45, 2.75) is 39.2 Å². The van der Waals surface area contributed by atoms with Crippen LogP contribution in [-0.4, -0.2) is 20.8 Å². The highest BCUT2D eigenvalue weighted by Crippen LogP contribution is 2.21. The van der Waals surface area contributed by atoms with Crippen LogP contribution in [0.5, 0.6) is 5.88 Å². The van der Waals surface area contributed by atoms with Crippen LogP contribution in [0.3, 0.4) is 0 Å². The van der Waals surface area contributed by atoms with Crippen LogP contribution in [0.15, 0.2) is 36.5 Å². The van der Waals surface area contributed by atoms with E-state index in [1.807, 2.05) is 12.3 Å². The third-order valence-electron chi connectivity index (χ3n) is 3.71. The first kappa shape index (κ1) is 16.1. The Morgan fingerprint density at radius 2 is 2.09 bits per heavy atom. The first-order valence-electron chi connectivity index (χ1n) is 7.45. The van der Waals surface area contributed by atoms with Crippen molar-refractivity contribution >= 4 is 5.91 Å². The molecule has 0 saturated heterocycles. The van der Waals surface area contributed by atoms with Crippen LogP contribution < -0.4 is 5.48 Å². The molecule has 5 heteroatoms. The number of nitrogens with zero attached hydrogens (tertiary/aromatic N) is 1. The monoisotopic (exact) mass is 302 g/mol. The van der Waals surface area contributed by atoms with Crippen molar-refractivity contribution in [3.05, 3.63) is 53.2 Å². The zero-order chi connectivity index (χ0) is 15.9. The number of carbonyl (C=O) groups excluding carboxylic acids is 1. The second-order valence-electron chi connectivity index (χ2n) is 5.49. The molecule has 1 aromatic heterocycles. The molecule has 1 amide bonds. The summed E-state index contributed by atoms with van der Waals surface area (Å²) in [5.41, 5.74) is 4.87. The molecule has 3 N–H and O–H groups in total. The molecule has 0 aliphatic heterocycles. The summed E-state index contributed by atoms with van der Waals surface area (Å²) in [5, 5.41) is 18.6. The fourth-order valence-corrected chi connectivity index (χ4v) is 2.51. The second kappa shape index (κ2) is 7.66. The van der Waals surface area contributed by atoms with Crippen molar-refractivity contribution in [3.63, 3.8) is 0 Å². The topological polar surface area (TPSA) is 74.5 Å². The van der Waals surface area contributed by atoms with Crippen LogP contribution in [0.25, 0.3) is 0 Å². The minimum atomic E-state index is -0.452. The smallest absolute Gasteiger partial charge is 0.243 e. The molecule has 0 atom stereocenters. The summed E-state index contributed by atoms with van der Waals surface area (Å²) >= 11 is 0. The number of aromatic nitrogens is 1. The van der Waals surface area contributed by atoms with Gasteiger partial charge in [-0.1, -0.05) is 29.8 Å². The molecule has 5 nitrogen and oxygen atoms in total. The van der Waals surface area contributed by atoms with Crippen LogP contribution in [0, 0.1) is 6.92 Å². The lowest BCUT2D eigenvalue weighted by Crippen LogP contribution is -2.18. The molecule has 0 aliphatic rings. The molecule has 1 heterocycles. The van der Waals surface area contributed by atoms with E-state index in [-0.39, 0.29) is 12.3 Å². The number of hydrogen-bond donors (Lipinski definition) is 3. The van der Waals surface area contributed by atoms with Gasteiger partial charge < -0.3 is 9.67 Å². The lowest BCUT2D eigenvalue weighted by molar-refractivity contribution is -0.129. The van der Waals surface area contributed by atoms with Gasteiger partial charge in [-0.3, -0.25) is 10.0 Å². The third-order valence-corrected chi connectivity index (χ3v) is 3.71. The van der Waals surface area contributed by atoms with Gasteiger partial charge in [0.05, 0.1) is 0 Å². The molecular weight excluding hydrogens is 280 g/mol. The van der Waals surface area contributed by atoms with E-state index in [0.29, 0.717) is 6.42 Å². The Balaban J connectivity index is 1.85. The van der Waals surface area contributed by atoms with Gasteiger partial charge in [0.2, 0.25) is 5.91 Å². The molecule has 0 bridgehead atoms. The normalized spacial score (nSPS) is 10.6. The van der Waals surface area contributed by atoms with Crippen LogP contribution in [0.2, 0.25) is 0 Å². The number of aromatic hydroxyl groups is 1. The van der Waals surface area contributed by atoms with Gasteiger partial charge in [0, 0.05) is 24.7 Å². The van der Waals surface area contributed by atoms with E-state index in [4.69, 9.17) is 5.21 Å². The fraction of sp³-hybridized carbons (Fsp3) is 0.353. The van der Waals surface area contributed by atoms with Gasteiger partial charge in [-0.25, -0.2) is 5.48 Å². The second-order valence-corrected chi connectivity index (χ2v) is 5.49. The molecule has 118 valence electrons. The van der Waals surface area contributed by atoms with E-state index in [2.05, 4.69) is 31.2 Å². The lowest BCUT2D eigenvalue weighted by Gasteiger charge is -2.07. The summed E-state index contributed by atoms with van der Waals surface area (Å²) in [6.07, 6.45) is 4.28. The minimum Gasteiger partial charge on any atom is -0.494 e. The van der Waals surface area contributed by atoms with Crippen molar-refractivity contribution in [2.75, 3.05) is 0 Å². The number of hydroxylamine groups is 1. The quantitative estimate of drug-likeness (QED) is 0.543. The number of benzene rings is 1. The standard InChI is InChI=1S/C17H22N2O3/c1-13-4-2-5-14(12-13)6-3-10-19-11-9-15(17(19)21)7-8-16(20)18-22/h2,4-5,9,11-12,21-22H,3,6-8,10H2,1H3,(H,18,20). The average molecular weight is 302 g/mol. The Labute approximate surface area is 130 Å². The molecule has 2 rings (SSSR count). The Bertz CT molecular complexity index is 635. The van der Waals surface area contributed by atoms with Gasteiger partial charge in [0.15, 0.2) is 5.88 Å². The molecule has 0 spiro atoms. The molecule has 2 aromatic rings. The highest BCUT2D eigenvalue weighted by molar-refractivity contribution is 5.74. The van der Waals surface area contributed by atoms with Crippen LogP contribution >= 0.6 is 0 Å². The van der Waals surface area contributed by atoms with E-state index in [1.54, 1.807) is 10.0 Å². The fourth-order valence-electron chi connectivity index (χ4n) is 2.51. The van der Waals surface area contributed by atoms with Crippen molar-refractivity contribution in [3.8, 4) is 5.88 Å². The van der Waals surface area contributed by atoms with Crippen molar-refractivity contribution in [1.82, 2.24) is 10.0 Å². The van der Waals surface area contributed by atoms with Gasteiger partial charge in [-0.15, -0.1) is 0 Å². The maximum Gasteiger partial charge on any atom is 0.243 e. The van der Waals surface area contributed by atoms with Crippen molar-refractivity contribution < 1.29 is 15.1 Å². The summed E-state index contributed by atoms with van der Waals surface area (Å²) < 4.78 is 1.79. The van der Waals surface area contributed by atoms with Gasteiger partial charge in [0.1, 0.15) is 0 Å². The number of carbonyl (C=O) groups is 1. The van der Waals surface area contributed by atoms with E-state index in [1.165, 1.54) is 11.1 Å². The number of rotatable bonds is 7. The summed E-state index contributed by atoms with van der Waals surface area (Å²) in [5.74, 6) is -0.249. The molecule has 0 saturated carbocycles. The predicted octanol–water partition coefficient (Wildman–Crippen LogP) is 2.57. The highest BCUT2D eigenvalue weighted by atomic mass is 16.5. The molecule has 0 aliphatic carbocycles.